The predicted octanol–water partition coefficient (Wildman–Crippen LogP) is 3.92. The Morgan fingerprint density at radius 3 is 2.63 bits per heavy atom. The lowest BCUT2D eigenvalue weighted by Crippen LogP contribution is -2.07. The van der Waals surface area contributed by atoms with E-state index in [4.69, 9.17) is 11.6 Å². The summed E-state index contributed by atoms with van der Waals surface area (Å²) >= 11 is 6.09. The fourth-order valence-corrected chi connectivity index (χ4v) is 2.75. The molecule has 27 heavy (non-hydrogen) atoms. The molecule has 0 atom stereocenters. The van der Waals surface area contributed by atoms with Gasteiger partial charge in [0.25, 0.3) is 0 Å². The van der Waals surface area contributed by atoms with Crippen LogP contribution in [0.2, 0.25) is 5.15 Å². The molecule has 1 aromatic carbocycles. The summed E-state index contributed by atoms with van der Waals surface area (Å²) in [5.41, 5.74) is 1.08. The van der Waals surface area contributed by atoms with Crippen LogP contribution in [0.25, 0.3) is 17.2 Å². The first-order chi connectivity index (χ1) is 12.8. The highest BCUT2D eigenvalue weighted by Gasteiger charge is 2.35. The van der Waals surface area contributed by atoms with Gasteiger partial charge in [0, 0.05) is 12.6 Å². The van der Waals surface area contributed by atoms with Gasteiger partial charge in [0.05, 0.1) is 11.9 Å². The van der Waals surface area contributed by atoms with Gasteiger partial charge in [-0.2, -0.15) is 18.3 Å². The number of alkyl halides is 3. The molecule has 0 aliphatic rings. The van der Waals surface area contributed by atoms with E-state index in [0.717, 1.165) is 0 Å². The van der Waals surface area contributed by atoms with Gasteiger partial charge in [-0.25, -0.2) is 19.3 Å². The fourth-order valence-electron chi connectivity index (χ4n) is 2.57. The van der Waals surface area contributed by atoms with Crippen molar-refractivity contribution in [2.75, 3.05) is 0 Å². The molecule has 0 saturated heterocycles. The molecule has 11 heteroatoms. The first-order valence-electron chi connectivity index (χ1n) is 7.59. The normalized spacial score (nSPS) is 12.0. The second-order valence-electron chi connectivity index (χ2n) is 5.62. The zero-order chi connectivity index (χ0) is 19.2. The van der Waals surface area contributed by atoms with Crippen molar-refractivity contribution in [1.29, 1.82) is 0 Å². The topological polar surface area (TPSA) is 71.8 Å². The maximum atomic E-state index is 14.0. The molecular formula is C16H9ClF4N6. The number of aromatic nitrogens is 6. The maximum Gasteiger partial charge on any atom is 0.451 e. The Kier molecular flexibility index (Phi) is 4.06. The number of hydrogen-bond acceptors (Lipinski definition) is 4. The average molecular weight is 397 g/mol. The molecule has 0 fully saturated rings. The van der Waals surface area contributed by atoms with Gasteiger partial charge in [-0.3, -0.25) is 9.50 Å². The molecule has 0 aliphatic heterocycles. The van der Waals surface area contributed by atoms with E-state index < -0.39 is 17.8 Å². The molecule has 1 N–H and O–H groups in total. The van der Waals surface area contributed by atoms with Gasteiger partial charge < -0.3 is 0 Å². The largest absolute Gasteiger partial charge is 0.451 e. The lowest BCUT2D eigenvalue weighted by molar-refractivity contribution is -0.144. The van der Waals surface area contributed by atoms with Gasteiger partial charge in [-0.1, -0.05) is 29.8 Å². The quantitative estimate of drug-likeness (QED) is 0.533. The number of rotatable bonds is 3. The summed E-state index contributed by atoms with van der Waals surface area (Å²) in [6.07, 6.45) is -1.86. The molecule has 0 bridgehead atoms. The smallest absolute Gasteiger partial charge is 0.287 e. The Hall–Kier alpha value is -3.01. The highest BCUT2D eigenvalue weighted by molar-refractivity contribution is 6.29. The average Bonchev–Trinajstić information content (AvgIpc) is 3.24. The summed E-state index contributed by atoms with van der Waals surface area (Å²) in [6.45, 7) is 0. The third kappa shape index (κ3) is 3.23. The van der Waals surface area contributed by atoms with E-state index in [0.29, 0.717) is 16.9 Å². The van der Waals surface area contributed by atoms with Gasteiger partial charge >= 0.3 is 6.18 Å². The molecule has 138 valence electrons. The van der Waals surface area contributed by atoms with Crippen LogP contribution in [0.3, 0.4) is 0 Å². The first kappa shape index (κ1) is 17.4. The van der Waals surface area contributed by atoms with E-state index >= 15 is 0 Å². The third-order valence-electron chi connectivity index (χ3n) is 3.82. The number of fused-ring (bicyclic) bond motifs is 1. The summed E-state index contributed by atoms with van der Waals surface area (Å²) in [4.78, 5) is 11.9. The summed E-state index contributed by atoms with van der Waals surface area (Å²) in [6, 6.07) is 6.11. The van der Waals surface area contributed by atoms with E-state index in [1.165, 1.54) is 22.9 Å². The van der Waals surface area contributed by atoms with Crippen LogP contribution < -0.4 is 0 Å². The van der Waals surface area contributed by atoms with Crippen LogP contribution in [-0.4, -0.2) is 29.5 Å². The van der Waals surface area contributed by atoms with E-state index in [2.05, 4.69) is 20.1 Å². The van der Waals surface area contributed by atoms with Crippen molar-refractivity contribution in [3.8, 4) is 11.5 Å². The predicted molar refractivity (Wildman–Crippen MR) is 87.6 cm³/mol. The highest BCUT2D eigenvalue weighted by Crippen LogP contribution is 2.28. The Morgan fingerprint density at radius 2 is 1.93 bits per heavy atom. The molecule has 0 aliphatic carbocycles. The van der Waals surface area contributed by atoms with Gasteiger partial charge in [-0.15, -0.1) is 0 Å². The van der Waals surface area contributed by atoms with Crippen molar-refractivity contribution in [2.24, 2.45) is 0 Å². The minimum Gasteiger partial charge on any atom is -0.287 e. The second kappa shape index (κ2) is 6.31. The molecule has 3 heterocycles. The molecule has 4 rings (SSSR count). The van der Waals surface area contributed by atoms with Crippen molar-refractivity contribution in [3.63, 3.8) is 0 Å². The molecule has 0 saturated carbocycles. The van der Waals surface area contributed by atoms with Crippen LogP contribution in [0.15, 0.2) is 36.7 Å². The number of imidazole rings is 1. The standard InChI is InChI=1S/C16H9ClF4N6/c17-12-6-22-14-10(5-8-3-1-2-4-9(8)18)23-11(7-27(12)14)13-24-15(26-25-13)16(19,20)21/h1-4,6-7H,5H2,(H,24,25,26). The number of nitrogens with one attached hydrogen (secondary N) is 1. The molecule has 0 unspecified atom stereocenters. The number of halogens is 5. The van der Waals surface area contributed by atoms with Gasteiger partial charge in [0.2, 0.25) is 11.6 Å². The molecule has 3 aromatic heterocycles. The van der Waals surface area contributed by atoms with Crippen molar-refractivity contribution in [3.05, 3.63) is 64.7 Å². The van der Waals surface area contributed by atoms with Crippen LogP contribution in [0.5, 0.6) is 0 Å². The molecular weight excluding hydrogens is 388 g/mol. The first-order valence-corrected chi connectivity index (χ1v) is 7.96. The number of nitrogens with zero attached hydrogens (tertiary/aromatic N) is 5. The van der Waals surface area contributed by atoms with Gasteiger partial charge in [0.15, 0.2) is 5.65 Å². The Labute approximate surface area is 153 Å². The van der Waals surface area contributed by atoms with Crippen molar-refractivity contribution in [2.45, 2.75) is 12.6 Å². The van der Waals surface area contributed by atoms with E-state index in [1.807, 2.05) is 5.10 Å². The monoisotopic (exact) mass is 396 g/mol. The minimum atomic E-state index is -4.67. The maximum absolute atomic E-state index is 14.0. The minimum absolute atomic E-state index is 0.0421. The summed E-state index contributed by atoms with van der Waals surface area (Å²) in [5.74, 6) is -1.94. The van der Waals surface area contributed by atoms with E-state index in [9.17, 15) is 17.6 Å². The lowest BCUT2D eigenvalue weighted by atomic mass is 10.1. The van der Waals surface area contributed by atoms with Crippen molar-refractivity contribution >= 4 is 17.2 Å². The van der Waals surface area contributed by atoms with Crippen molar-refractivity contribution < 1.29 is 17.6 Å². The molecule has 0 spiro atoms. The van der Waals surface area contributed by atoms with Crippen molar-refractivity contribution in [1.82, 2.24) is 29.5 Å². The molecule has 6 nitrogen and oxygen atoms in total. The zero-order valence-corrected chi connectivity index (χ0v) is 14.1. The van der Waals surface area contributed by atoms with Crippen LogP contribution >= 0.6 is 11.6 Å². The Bertz CT molecular complexity index is 1130. The Balaban J connectivity index is 1.84. The van der Waals surface area contributed by atoms with E-state index in [1.54, 1.807) is 18.2 Å². The summed E-state index contributed by atoms with van der Waals surface area (Å²) in [7, 11) is 0. The van der Waals surface area contributed by atoms with E-state index in [-0.39, 0.29) is 23.1 Å². The molecule has 0 radical (unpaired) electrons. The van der Waals surface area contributed by atoms with Crippen LogP contribution in [0.1, 0.15) is 17.1 Å². The number of aromatic amines is 1. The molecule has 0 amide bonds. The highest BCUT2D eigenvalue weighted by atomic mass is 35.5. The Morgan fingerprint density at radius 1 is 1.15 bits per heavy atom. The van der Waals surface area contributed by atoms with Crippen LogP contribution in [0, 0.1) is 5.82 Å². The molecule has 4 aromatic rings. The fraction of sp³-hybridized carbons (Fsp3) is 0.125. The number of hydrogen-bond donors (Lipinski definition) is 1. The lowest BCUT2D eigenvalue weighted by Gasteiger charge is -2.07. The zero-order valence-electron chi connectivity index (χ0n) is 13.3. The SMILES string of the molecule is Fc1ccccc1Cc1nc(-c2n[nH]c(C(F)(F)F)n2)cn2c(Cl)cnc12. The van der Waals surface area contributed by atoms with Crippen LogP contribution in [0.4, 0.5) is 17.6 Å². The third-order valence-corrected chi connectivity index (χ3v) is 4.10. The second-order valence-corrected chi connectivity index (χ2v) is 6.01. The number of benzene rings is 1. The summed E-state index contributed by atoms with van der Waals surface area (Å²) < 4.78 is 53.7. The number of H-pyrrole nitrogens is 1. The summed E-state index contributed by atoms with van der Waals surface area (Å²) in [5, 5.41) is 5.62. The van der Waals surface area contributed by atoms with Gasteiger partial charge in [-0.05, 0) is 11.6 Å². The van der Waals surface area contributed by atoms with Crippen LogP contribution in [-0.2, 0) is 12.6 Å². The van der Waals surface area contributed by atoms with Gasteiger partial charge in [0.1, 0.15) is 16.7 Å².